The second-order valence-electron chi connectivity index (χ2n) is 11.1. The van der Waals surface area contributed by atoms with Gasteiger partial charge in [0.05, 0.1) is 45.5 Å². The van der Waals surface area contributed by atoms with Crippen molar-refractivity contribution in [3.8, 4) is 17.4 Å². The molecule has 3 heterocycles. The molecular formula is C39H19N5S. The molecule has 0 spiro atoms. The summed E-state index contributed by atoms with van der Waals surface area (Å²) in [6.07, 6.45) is 0. The van der Waals surface area contributed by atoms with Crippen molar-refractivity contribution >= 4 is 86.5 Å². The van der Waals surface area contributed by atoms with Gasteiger partial charge in [0, 0.05) is 37.6 Å². The fraction of sp³-hybridized carbons (Fsp3) is 0. The van der Waals surface area contributed by atoms with Crippen LogP contribution < -0.4 is 0 Å². The lowest BCUT2D eigenvalue weighted by Gasteiger charge is -2.11. The molecule has 6 heteroatoms. The molecular weight excluding hydrogens is 571 g/mol. The SMILES string of the molecule is [C-]#[N+]c1ccc2c(c1)c1cc([N+]#[C-])ccc1n2-c1ccc2c(c1)c1ccccc1n2-c1ccc2sc3c(C#N)cccc3c2c1. The van der Waals surface area contributed by atoms with Crippen LogP contribution in [0.5, 0.6) is 0 Å². The van der Waals surface area contributed by atoms with Crippen LogP contribution in [-0.2, 0) is 0 Å². The number of nitriles is 1. The van der Waals surface area contributed by atoms with Crippen molar-refractivity contribution in [3.63, 3.8) is 0 Å². The Morgan fingerprint density at radius 3 is 1.76 bits per heavy atom. The zero-order chi connectivity index (χ0) is 30.2. The van der Waals surface area contributed by atoms with Gasteiger partial charge < -0.3 is 9.13 Å². The molecule has 0 atom stereocenters. The molecule has 6 aromatic carbocycles. The summed E-state index contributed by atoms with van der Waals surface area (Å²) < 4.78 is 6.74. The van der Waals surface area contributed by atoms with Gasteiger partial charge in [0.1, 0.15) is 6.07 Å². The largest absolute Gasteiger partial charge is 0.309 e. The second kappa shape index (κ2) is 9.30. The van der Waals surface area contributed by atoms with Gasteiger partial charge in [-0.05, 0) is 83.6 Å². The molecule has 0 fully saturated rings. The molecule has 0 amide bonds. The monoisotopic (exact) mass is 589 g/mol. The quantitative estimate of drug-likeness (QED) is 0.185. The van der Waals surface area contributed by atoms with Crippen LogP contribution in [0.1, 0.15) is 5.56 Å². The molecule has 0 aliphatic heterocycles. The van der Waals surface area contributed by atoms with Crippen molar-refractivity contribution in [1.82, 2.24) is 9.13 Å². The van der Waals surface area contributed by atoms with Crippen LogP contribution in [-0.4, -0.2) is 9.13 Å². The van der Waals surface area contributed by atoms with Crippen molar-refractivity contribution in [2.24, 2.45) is 0 Å². The van der Waals surface area contributed by atoms with Crippen LogP contribution in [0.25, 0.3) is 84.8 Å². The number of thiophene rings is 1. The number of fused-ring (bicyclic) bond motifs is 9. The first-order valence-corrected chi connectivity index (χ1v) is 15.2. The van der Waals surface area contributed by atoms with Crippen LogP contribution >= 0.6 is 11.3 Å². The van der Waals surface area contributed by atoms with Gasteiger partial charge in [-0.3, -0.25) is 0 Å². The highest BCUT2D eigenvalue weighted by Gasteiger charge is 2.18. The standard InChI is InChI=1S/C39H19N5S/c1-41-24-10-14-35-30(18-24)31-19-25(42-2)11-15-36(31)44(35)26-12-16-37-32(20-26)28-7-3-4-9-34(28)43(37)27-13-17-38-33(21-27)29-8-5-6-23(22-40)39(29)45-38/h3-21H. The van der Waals surface area contributed by atoms with Crippen LogP contribution in [0.3, 0.4) is 0 Å². The summed E-state index contributed by atoms with van der Waals surface area (Å²) in [7, 11) is 0. The number of aromatic nitrogens is 2. The molecule has 9 aromatic rings. The lowest BCUT2D eigenvalue weighted by Crippen LogP contribution is -1.95. The van der Waals surface area contributed by atoms with E-state index in [2.05, 4.69) is 91.6 Å². The lowest BCUT2D eigenvalue weighted by atomic mass is 10.1. The van der Waals surface area contributed by atoms with Crippen LogP contribution in [0, 0.1) is 24.5 Å². The van der Waals surface area contributed by atoms with Crippen LogP contribution in [0.2, 0.25) is 0 Å². The predicted octanol–water partition coefficient (Wildman–Crippen LogP) is 11.2. The van der Waals surface area contributed by atoms with E-state index in [-0.39, 0.29) is 0 Å². The summed E-state index contributed by atoms with van der Waals surface area (Å²) in [5, 5.41) is 16.1. The minimum absolute atomic E-state index is 0.576. The van der Waals surface area contributed by atoms with E-state index in [1.807, 2.05) is 48.5 Å². The Bertz CT molecular complexity index is 2790. The van der Waals surface area contributed by atoms with Gasteiger partial charge in [-0.1, -0.05) is 42.5 Å². The van der Waals surface area contributed by atoms with E-state index < -0.39 is 0 Å². The maximum Gasteiger partial charge on any atom is 0.188 e. The molecule has 0 unspecified atom stereocenters. The zero-order valence-electron chi connectivity index (χ0n) is 23.6. The van der Waals surface area contributed by atoms with Gasteiger partial charge >= 0.3 is 0 Å². The van der Waals surface area contributed by atoms with E-state index in [0.717, 1.165) is 75.2 Å². The average Bonchev–Trinajstić information content (AvgIpc) is 3.74. The fourth-order valence-corrected chi connectivity index (χ4v) is 7.95. The Morgan fingerprint density at radius 2 is 1.09 bits per heavy atom. The Morgan fingerprint density at radius 1 is 0.533 bits per heavy atom. The lowest BCUT2D eigenvalue weighted by molar-refractivity contribution is 1.17. The third-order valence-corrected chi connectivity index (χ3v) is 9.98. The van der Waals surface area contributed by atoms with Crippen molar-refractivity contribution in [3.05, 3.63) is 144 Å². The molecule has 5 nitrogen and oxygen atoms in total. The highest BCUT2D eigenvalue weighted by molar-refractivity contribution is 7.26. The van der Waals surface area contributed by atoms with Crippen LogP contribution in [0.4, 0.5) is 11.4 Å². The van der Waals surface area contributed by atoms with E-state index in [9.17, 15) is 5.26 Å². The van der Waals surface area contributed by atoms with E-state index in [0.29, 0.717) is 16.9 Å². The molecule has 45 heavy (non-hydrogen) atoms. The molecule has 0 radical (unpaired) electrons. The van der Waals surface area contributed by atoms with Crippen LogP contribution in [0.15, 0.2) is 115 Å². The summed E-state index contributed by atoms with van der Waals surface area (Å²) in [4.78, 5) is 7.33. The van der Waals surface area contributed by atoms with Gasteiger partial charge in [0.25, 0.3) is 0 Å². The van der Waals surface area contributed by atoms with Crippen molar-refractivity contribution in [2.45, 2.75) is 0 Å². The minimum atomic E-state index is 0.576. The Balaban J connectivity index is 1.32. The third kappa shape index (κ3) is 3.51. The van der Waals surface area contributed by atoms with Gasteiger partial charge in [-0.15, -0.1) is 11.3 Å². The number of para-hydroxylation sites is 1. The van der Waals surface area contributed by atoms with E-state index in [1.54, 1.807) is 11.3 Å². The van der Waals surface area contributed by atoms with Gasteiger partial charge in [-0.2, -0.15) is 5.26 Å². The first-order valence-electron chi connectivity index (χ1n) is 14.4. The number of rotatable bonds is 2. The predicted molar refractivity (Wildman–Crippen MR) is 185 cm³/mol. The normalized spacial score (nSPS) is 11.5. The van der Waals surface area contributed by atoms with Gasteiger partial charge in [0.15, 0.2) is 11.4 Å². The fourth-order valence-electron chi connectivity index (χ4n) is 6.81. The highest BCUT2D eigenvalue weighted by atomic mass is 32.1. The van der Waals surface area contributed by atoms with Crippen molar-refractivity contribution < 1.29 is 0 Å². The number of nitrogens with zero attached hydrogens (tertiary/aromatic N) is 5. The molecule has 206 valence electrons. The summed E-state index contributed by atoms with van der Waals surface area (Å²) in [6, 6.07) is 41.5. The number of hydrogen-bond acceptors (Lipinski definition) is 2. The van der Waals surface area contributed by atoms with E-state index in [4.69, 9.17) is 13.1 Å². The zero-order valence-corrected chi connectivity index (χ0v) is 24.4. The second-order valence-corrected chi connectivity index (χ2v) is 12.1. The Hall–Kier alpha value is -6.39. The molecule has 0 saturated heterocycles. The molecule has 0 N–H and O–H groups in total. The van der Waals surface area contributed by atoms with Crippen molar-refractivity contribution in [1.29, 1.82) is 5.26 Å². The average molecular weight is 590 g/mol. The smallest absolute Gasteiger partial charge is 0.188 e. The van der Waals surface area contributed by atoms with E-state index in [1.165, 1.54) is 0 Å². The summed E-state index contributed by atoms with van der Waals surface area (Å²) >= 11 is 1.67. The molecule has 0 aliphatic carbocycles. The third-order valence-electron chi connectivity index (χ3n) is 8.76. The van der Waals surface area contributed by atoms with Crippen molar-refractivity contribution in [2.75, 3.05) is 0 Å². The van der Waals surface area contributed by atoms with E-state index >= 15 is 0 Å². The highest BCUT2D eigenvalue weighted by Crippen LogP contribution is 2.41. The van der Waals surface area contributed by atoms with Gasteiger partial charge in [-0.25, -0.2) is 9.69 Å². The summed E-state index contributed by atoms with van der Waals surface area (Å²) in [6.45, 7) is 15.1. The number of hydrogen-bond donors (Lipinski definition) is 0. The molecule has 0 aliphatic rings. The molecule has 3 aromatic heterocycles. The Kier molecular flexibility index (Phi) is 5.20. The molecule has 0 bridgehead atoms. The van der Waals surface area contributed by atoms with Gasteiger partial charge in [0.2, 0.25) is 0 Å². The summed E-state index contributed by atoms with van der Waals surface area (Å²) in [5.74, 6) is 0. The first-order chi connectivity index (χ1) is 22.2. The topological polar surface area (TPSA) is 42.4 Å². The number of benzene rings is 6. The summed E-state index contributed by atoms with van der Waals surface area (Å²) in [5.41, 5.74) is 8.15. The Labute approximate surface area is 261 Å². The first kappa shape index (κ1) is 25.1. The maximum absolute atomic E-state index is 9.68. The molecule has 9 rings (SSSR count). The molecule has 0 saturated carbocycles. The maximum atomic E-state index is 9.68. The minimum Gasteiger partial charge on any atom is -0.309 e.